The Balaban J connectivity index is 2.20. The minimum atomic E-state index is -0.701. The first-order valence-electron chi connectivity index (χ1n) is 6.76. The minimum Gasteiger partial charge on any atom is -0.383 e. The van der Waals surface area contributed by atoms with Gasteiger partial charge in [0.1, 0.15) is 5.82 Å². The summed E-state index contributed by atoms with van der Waals surface area (Å²) in [6, 6.07) is 0. The van der Waals surface area contributed by atoms with Crippen LogP contribution < -0.4 is 11.1 Å². The number of rotatable bonds is 4. The summed E-state index contributed by atoms with van der Waals surface area (Å²) < 4.78 is 0. The van der Waals surface area contributed by atoms with Gasteiger partial charge in [0.15, 0.2) is 0 Å². The molecule has 0 atom stereocenters. The van der Waals surface area contributed by atoms with Gasteiger partial charge in [0, 0.05) is 13.1 Å². The van der Waals surface area contributed by atoms with E-state index in [2.05, 4.69) is 20.5 Å². The Bertz CT molecular complexity index is 666. The Hall–Kier alpha value is -2.64. The lowest BCUT2D eigenvalue weighted by Gasteiger charge is -2.19. The maximum absolute atomic E-state index is 12.1. The van der Waals surface area contributed by atoms with Crippen LogP contribution in [0.2, 0.25) is 0 Å². The predicted molar refractivity (Wildman–Crippen MR) is 79.5 cm³/mol. The number of likely N-dealkylation sites (N-methyl/N-ethyl adjacent to an activating group) is 1. The van der Waals surface area contributed by atoms with Crippen LogP contribution in [0.25, 0.3) is 10.9 Å². The molecule has 0 saturated heterocycles. The number of aromatic nitrogens is 3. The first-order chi connectivity index (χ1) is 10.1. The van der Waals surface area contributed by atoms with Gasteiger partial charge in [-0.2, -0.15) is 5.10 Å². The van der Waals surface area contributed by atoms with E-state index in [9.17, 15) is 9.59 Å². The highest BCUT2D eigenvalue weighted by Crippen LogP contribution is 2.23. The first kappa shape index (κ1) is 14.8. The molecule has 0 unspecified atom stereocenters. The molecular weight excluding hydrogens is 272 g/mol. The van der Waals surface area contributed by atoms with Crippen molar-refractivity contribution in [1.82, 2.24) is 20.1 Å². The number of amides is 2. The van der Waals surface area contributed by atoms with Crippen molar-refractivity contribution < 1.29 is 9.59 Å². The van der Waals surface area contributed by atoms with Gasteiger partial charge in [-0.15, -0.1) is 0 Å². The fraction of sp³-hybridized carbons (Fsp3) is 0.385. The summed E-state index contributed by atoms with van der Waals surface area (Å²) >= 11 is 0. The highest BCUT2D eigenvalue weighted by atomic mass is 16.2. The number of nitrogen functional groups attached to an aromatic ring is 1. The molecule has 2 aromatic heterocycles. The number of fused-ring (bicyclic) bond motifs is 1. The molecule has 112 valence electrons. The Morgan fingerprint density at radius 1 is 1.38 bits per heavy atom. The summed E-state index contributed by atoms with van der Waals surface area (Å²) in [5.74, 6) is -0.958. The number of H-pyrrole nitrogens is 1. The van der Waals surface area contributed by atoms with E-state index in [-0.39, 0.29) is 0 Å². The molecule has 0 aliphatic rings. The molecule has 2 amide bonds. The minimum absolute atomic E-state index is 0.309. The van der Waals surface area contributed by atoms with E-state index in [1.807, 2.05) is 13.8 Å². The van der Waals surface area contributed by atoms with Gasteiger partial charge in [-0.25, -0.2) is 4.98 Å². The number of hydrogen-bond acceptors (Lipinski definition) is 5. The zero-order valence-corrected chi connectivity index (χ0v) is 12.0. The lowest BCUT2D eigenvalue weighted by atomic mass is 10.2. The van der Waals surface area contributed by atoms with Crippen molar-refractivity contribution in [3.05, 3.63) is 12.4 Å². The molecule has 0 aromatic carbocycles. The molecule has 2 rings (SSSR count). The fourth-order valence-corrected chi connectivity index (χ4v) is 2.04. The topological polar surface area (TPSA) is 117 Å². The van der Waals surface area contributed by atoms with Crippen LogP contribution in [-0.4, -0.2) is 45.0 Å². The van der Waals surface area contributed by atoms with Gasteiger partial charge in [-0.05, 0) is 13.3 Å². The average Bonchev–Trinajstić information content (AvgIpc) is 2.97. The van der Waals surface area contributed by atoms with Crippen LogP contribution in [0.1, 0.15) is 20.3 Å². The van der Waals surface area contributed by atoms with Crippen molar-refractivity contribution in [1.29, 1.82) is 0 Å². The second-order valence-electron chi connectivity index (χ2n) is 4.55. The van der Waals surface area contributed by atoms with Crippen molar-refractivity contribution in [2.24, 2.45) is 0 Å². The molecule has 2 aromatic rings. The quantitative estimate of drug-likeness (QED) is 0.718. The Morgan fingerprint density at radius 2 is 2.14 bits per heavy atom. The number of nitrogens with one attached hydrogen (secondary N) is 2. The number of aromatic amines is 1. The van der Waals surface area contributed by atoms with Crippen molar-refractivity contribution in [2.75, 3.05) is 24.1 Å². The molecule has 0 radical (unpaired) electrons. The van der Waals surface area contributed by atoms with Crippen molar-refractivity contribution >= 4 is 34.2 Å². The average molecular weight is 290 g/mol. The molecule has 4 N–H and O–H groups in total. The number of nitrogens with zero attached hydrogens (tertiary/aromatic N) is 3. The third-order valence-corrected chi connectivity index (χ3v) is 3.12. The fourth-order valence-electron chi connectivity index (χ4n) is 2.04. The molecule has 0 bridgehead atoms. The summed E-state index contributed by atoms with van der Waals surface area (Å²) in [5, 5.41) is 9.75. The summed E-state index contributed by atoms with van der Waals surface area (Å²) in [5.41, 5.74) is 6.63. The third kappa shape index (κ3) is 2.93. The number of pyridine rings is 1. The second kappa shape index (κ2) is 6.21. The van der Waals surface area contributed by atoms with E-state index in [1.54, 1.807) is 0 Å². The summed E-state index contributed by atoms with van der Waals surface area (Å²) in [6.07, 6.45) is 3.71. The standard InChI is InChI=1S/C13H18N6O2/c1-3-5-19(4-2)13(21)12(20)17-9-7-15-11(14)8-6-16-18-10(8)9/h6-7H,3-5H2,1-2H3,(H2,14,15)(H,16,18)(H,17,20). The smallest absolute Gasteiger partial charge is 0.314 e. The highest BCUT2D eigenvalue weighted by Gasteiger charge is 2.21. The highest BCUT2D eigenvalue weighted by molar-refractivity contribution is 6.40. The van der Waals surface area contributed by atoms with Crippen molar-refractivity contribution in [3.8, 4) is 0 Å². The van der Waals surface area contributed by atoms with Crippen LogP contribution in [0.5, 0.6) is 0 Å². The van der Waals surface area contributed by atoms with Gasteiger partial charge < -0.3 is 16.0 Å². The van der Waals surface area contributed by atoms with E-state index in [4.69, 9.17) is 5.73 Å². The maximum Gasteiger partial charge on any atom is 0.314 e. The Morgan fingerprint density at radius 3 is 2.81 bits per heavy atom. The number of carbonyl (C=O) groups is 2. The molecule has 8 nitrogen and oxygen atoms in total. The molecule has 0 fully saturated rings. The van der Waals surface area contributed by atoms with Crippen LogP contribution >= 0.6 is 0 Å². The van der Waals surface area contributed by atoms with Crippen LogP contribution in [0, 0.1) is 0 Å². The second-order valence-corrected chi connectivity index (χ2v) is 4.55. The van der Waals surface area contributed by atoms with Crippen LogP contribution in [-0.2, 0) is 9.59 Å². The van der Waals surface area contributed by atoms with E-state index >= 15 is 0 Å². The van der Waals surface area contributed by atoms with Crippen molar-refractivity contribution in [2.45, 2.75) is 20.3 Å². The Labute approximate surface area is 121 Å². The number of hydrogen-bond donors (Lipinski definition) is 3. The SMILES string of the molecule is CCCN(CC)C(=O)C(=O)Nc1cnc(N)c2cn[nH]c12. The zero-order chi connectivity index (χ0) is 15.4. The van der Waals surface area contributed by atoms with E-state index < -0.39 is 11.8 Å². The van der Waals surface area contributed by atoms with Gasteiger partial charge in [0.2, 0.25) is 0 Å². The molecule has 2 heterocycles. The molecule has 0 aliphatic carbocycles. The first-order valence-corrected chi connectivity index (χ1v) is 6.76. The van der Waals surface area contributed by atoms with E-state index in [1.165, 1.54) is 17.3 Å². The number of carbonyl (C=O) groups excluding carboxylic acids is 2. The summed E-state index contributed by atoms with van der Waals surface area (Å²) in [4.78, 5) is 29.6. The normalized spacial score (nSPS) is 10.6. The Kier molecular flexibility index (Phi) is 4.36. The van der Waals surface area contributed by atoms with E-state index in [0.717, 1.165) is 6.42 Å². The maximum atomic E-state index is 12.1. The molecule has 8 heteroatoms. The van der Waals surface area contributed by atoms with Crippen LogP contribution in [0.3, 0.4) is 0 Å². The van der Waals surface area contributed by atoms with Gasteiger partial charge >= 0.3 is 11.8 Å². The number of anilines is 2. The van der Waals surface area contributed by atoms with Crippen LogP contribution in [0.15, 0.2) is 12.4 Å². The lowest BCUT2D eigenvalue weighted by molar-refractivity contribution is -0.143. The largest absolute Gasteiger partial charge is 0.383 e. The molecule has 0 aliphatic heterocycles. The van der Waals surface area contributed by atoms with Gasteiger partial charge in [0.05, 0.1) is 29.0 Å². The molecular formula is C13H18N6O2. The van der Waals surface area contributed by atoms with Crippen molar-refractivity contribution in [3.63, 3.8) is 0 Å². The molecule has 0 spiro atoms. The third-order valence-electron chi connectivity index (χ3n) is 3.12. The zero-order valence-electron chi connectivity index (χ0n) is 12.0. The predicted octanol–water partition coefficient (Wildman–Crippen LogP) is 0.737. The molecule has 21 heavy (non-hydrogen) atoms. The summed E-state index contributed by atoms with van der Waals surface area (Å²) in [6.45, 7) is 4.81. The van der Waals surface area contributed by atoms with E-state index in [0.29, 0.717) is 35.5 Å². The number of nitrogens with two attached hydrogens (primary N) is 1. The van der Waals surface area contributed by atoms with Gasteiger partial charge in [-0.3, -0.25) is 14.7 Å². The monoisotopic (exact) mass is 290 g/mol. The lowest BCUT2D eigenvalue weighted by Crippen LogP contribution is -2.40. The van der Waals surface area contributed by atoms with Gasteiger partial charge in [0.25, 0.3) is 0 Å². The van der Waals surface area contributed by atoms with Crippen LogP contribution in [0.4, 0.5) is 11.5 Å². The molecule has 0 saturated carbocycles. The van der Waals surface area contributed by atoms with Gasteiger partial charge in [-0.1, -0.05) is 6.92 Å². The summed E-state index contributed by atoms with van der Waals surface area (Å²) in [7, 11) is 0.